The summed E-state index contributed by atoms with van der Waals surface area (Å²) in [5.41, 5.74) is -0.0936. The van der Waals surface area contributed by atoms with Crippen LogP contribution in [0.15, 0.2) is 34.7 Å². The van der Waals surface area contributed by atoms with Gasteiger partial charge in [0.1, 0.15) is 17.2 Å². The Bertz CT molecular complexity index is 1130. The number of hydrogen-bond donors (Lipinski definition) is 1. The average Bonchev–Trinajstić information content (AvgIpc) is 3.12. The largest absolute Gasteiger partial charge is 0.462 e. The van der Waals surface area contributed by atoms with E-state index >= 15 is 0 Å². The Balaban J connectivity index is 1.80. The number of amides is 1. The van der Waals surface area contributed by atoms with E-state index in [-0.39, 0.29) is 29.1 Å². The van der Waals surface area contributed by atoms with Gasteiger partial charge in [-0.3, -0.25) is 14.2 Å². The van der Waals surface area contributed by atoms with Crippen LogP contribution < -0.4 is 10.9 Å². The molecule has 0 radical (unpaired) electrons. The highest BCUT2D eigenvalue weighted by Crippen LogP contribution is 2.22. The van der Waals surface area contributed by atoms with E-state index in [0.29, 0.717) is 10.5 Å². The summed E-state index contributed by atoms with van der Waals surface area (Å²) in [5.74, 6) is -1.73. The third-order valence-corrected chi connectivity index (χ3v) is 5.20. The molecular formula is C19H17ClFN3O4S. The van der Waals surface area contributed by atoms with Crippen LogP contribution in [0.25, 0.3) is 10.2 Å². The van der Waals surface area contributed by atoms with Crippen molar-refractivity contribution in [2.45, 2.75) is 26.3 Å². The molecule has 0 unspecified atom stereocenters. The lowest BCUT2D eigenvalue weighted by Gasteiger charge is -2.08. The van der Waals surface area contributed by atoms with Gasteiger partial charge in [0, 0.05) is 11.1 Å². The molecule has 10 heteroatoms. The van der Waals surface area contributed by atoms with E-state index in [1.807, 2.05) is 6.92 Å². The third kappa shape index (κ3) is 4.80. The molecule has 0 spiro atoms. The maximum Gasteiger partial charge on any atom is 0.339 e. The highest BCUT2D eigenvalue weighted by molar-refractivity contribution is 7.17. The van der Waals surface area contributed by atoms with Crippen LogP contribution >= 0.6 is 22.9 Å². The zero-order valence-corrected chi connectivity index (χ0v) is 17.0. The van der Waals surface area contributed by atoms with Crippen molar-refractivity contribution in [2.24, 2.45) is 0 Å². The molecule has 0 atom stereocenters. The normalized spacial score (nSPS) is 10.9. The molecule has 3 rings (SSSR count). The zero-order valence-electron chi connectivity index (χ0n) is 15.4. The number of thiophene rings is 1. The summed E-state index contributed by atoms with van der Waals surface area (Å²) in [5, 5.41) is 4.05. The van der Waals surface area contributed by atoms with Gasteiger partial charge < -0.3 is 10.1 Å². The number of anilines is 1. The Morgan fingerprint density at radius 2 is 2.17 bits per heavy atom. The predicted molar refractivity (Wildman–Crippen MR) is 109 cm³/mol. The van der Waals surface area contributed by atoms with Crippen LogP contribution in [0.5, 0.6) is 0 Å². The van der Waals surface area contributed by atoms with Crippen LogP contribution in [0.3, 0.4) is 0 Å². The fourth-order valence-corrected chi connectivity index (χ4v) is 3.59. The number of nitrogens with one attached hydrogen (secondary N) is 1. The van der Waals surface area contributed by atoms with Gasteiger partial charge in [-0.25, -0.2) is 14.2 Å². The molecule has 2 heterocycles. The molecule has 7 nitrogen and oxygen atoms in total. The lowest BCUT2D eigenvalue weighted by Crippen LogP contribution is -2.28. The molecule has 0 bridgehead atoms. The molecule has 0 aliphatic heterocycles. The molecule has 152 valence electrons. The lowest BCUT2D eigenvalue weighted by atomic mass is 10.2. The number of rotatable bonds is 7. The highest BCUT2D eigenvalue weighted by atomic mass is 35.5. The first-order valence-corrected chi connectivity index (χ1v) is 10.0. The molecular weight excluding hydrogens is 421 g/mol. The maximum absolute atomic E-state index is 13.2. The van der Waals surface area contributed by atoms with Gasteiger partial charge in [0.25, 0.3) is 5.56 Å². The van der Waals surface area contributed by atoms with E-state index in [9.17, 15) is 18.8 Å². The Kier molecular flexibility index (Phi) is 6.60. The molecule has 0 aliphatic carbocycles. The highest BCUT2D eigenvalue weighted by Gasteiger charge is 2.19. The van der Waals surface area contributed by atoms with Crippen LogP contribution in [0, 0.1) is 5.82 Å². The van der Waals surface area contributed by atoms with Gasteiger partial charge in [-0.1, -0.05) is 24.9 Å². The first kappa shape index (κ1) is 20.9. The topological polar surface area (TPSA) is 90.3 Å². The molecule has 3 aromatic rings. The minimum Gasteiger partial charge on any atom is -0.462 e. The second kappa shape index (κ2) is 9.15. The number of fused-ring (bicyclic) bond motifs is 1. The number of ether oxygens (including phenoxy) is 1. The van der Waals surface area contributed by atoms with Gasteiger partial charge in [-0.2, -0.15) is 0 Å². The fraction of sp³-hybridized carbons (Fsp3) is 0.263. The lowest BCUT2D eigenvalue weighted by molar-refractivity contribution is -0.116. The second-order valence-electron chi connectivity index (χ2n) is 6.17. The van der Waals surface area contributed by atoms with Crippen molar-refractivity contribution in [3.63, 3.8) is 0 Å². The number of hydrogen-bond acceptors (Lipinski definition) is 6. The standard InChI is InChI=1S/C19H17ClFN3O4S/c1-2-3-6-28-19(27)12-9-29-17-16(12)18(26)24(10-22-17)8-15(25)23-11-4-5-14(21)13(20)7-11/h4-5,7,9-10H,2-3,6,8H2,1H3,(H,23,25). The van der Waals surface area contributed by atoms with E-state index in [0.717, 1.165) is 34.8 Å². The molecule has 0 saturated heterocycles. The number of benzene rings is 1. The predicted octanol–water partition coefficient (Wildman–Crippen LogP) is 3.85. The maximum atomic E-state index is 13.2. The summed E-state index contributed by atoms with van der Waals surface area (Å²) < 4.78 is 19.5. The van der Waals surface area contributed by atoms with E-state index in [4.69, 9.17) is 16.3 Å². The van der Waals surface area contributed by atoms with Gasteiger partial charge in [0.2, 0.25) is 5.91 Å². The molecule has 0 fully saturated rings. The van der Waals surface area contributed by atoms with E-state index in [1.54, 1.807) is 0 Å². The van der Waals surface area contributed by atoms with Crippen molar-refractivity contribution in [3.8, 4) is 0 Å². The van der Waals surface area contributed by atoms with Crippen LogP contribution in [-0.4, -0.2) is 28.0 Å². The summed E-state index contributed by atoms with van der Waals surface area (Å²) in [6, 6.07) is 3.74. The third-order valence-electron chi connectivity index (χ3n) is 4.03. The number of aromatic nitrogens is 2. The Hall–Kier alpha value is -2.78. The first-order valence-electron chi connectivity index (χ1n) is 8.79. The van der Waals surface area contributed by atoms with Gasteiger partial charge >= 0.3 is 5.97 Å². The first-order chi connectivity index (χ1) is 13.9. The quantitative estimate of drug-likeness (QED) is 0.448. The summed E-state index contributed by atoms with van der Waals surface area (Å²) in [6.07, 6.45) is 2.84. The van der Waals surface area contributed by atoms with Crippen molar-refractivity contribution in [2.75, 3.05) is 11.9 Å². The van der Waals surface area contributed by atoms with Crippen LogP contribution in [0.1, 0.15) is 30.1 Å². The van der Waals surface area contributed by atoms with Crippen molar-refractivity contribution < 1.29 is 18.7 Å². The SMILES string of the molecule is CCCCOC(=O)c1csc2ncn(CC(=O)Nc3ccc(F)c(Cl)c3)c(=O)c12. The summed E-state index contributed by atoms with van der Waals surface area (Å²) in [7, 11) is 0. The van der Waals surface area contributed by atoms with Crippen molar-refractivity contribution in [1.29, 1.82) is 0 Å². The van der Waals surface area contributed by atoms with Crippen LogP contribution in [0.4, 0.5) is 10.1 Å². The van der Waals surface area contributed by atoms with Crippen molar-refractivity contribution in [1.82, 2.24) is 9.55 Å². The Morgan fingerprint density at radius 3 is 2.90 bits per heavy atom. The number of esters is 1. The number of nitrogens with zero attached hydrogens (tertiary/aromatic N) is 2. The smallest absolute Gasteiger partial charge is 0.339 e. The average molecular weight is 438 g/mol. The van der Waals surface area contributed by atoms with Gasteiger partial charge in [0.15, 0.2) is 0 Å². The van der Waals surface area contributed by atoms with Gasteiger partial charge in [-0.05, 0) is 24.6 Å². The summed E-state index contributed by atoms with van der Waals surface area (Å²) in [6.45, 7) is 1.90. The minimum absolute atomic E-state index is 0.122. The monoisotopic (exact) mass is 437 g/mol. The number of carbonyl (C=O) groups is 2. The molecule has 0 saturated carbocycles. The number of carbonyl (C=O) groups excluding carboxylic acids is 2. The van der Waals surface area contributed by atoms with Crippen molar-refractivity contribution in [3.05, 3.63) is 56.7 Å². The molecule has 2 aromatic heterocycles. The van der Waals surface area contributed by atoms with E-state index in [1.165, 1.54) is 23.8 Å². The minimum atomic E-state index is -0.605. The summed E-state index contributed by atoms with van der Waals surface area (Å²) >= 11 is 6.85. The molecule has 1 amide bonds. The molecule has 1 aromatic carbocycles. The molecule has 1 N–H and O–H groups in total. The zero-order chi connectivity index (χ0) is 21.0. The van der Waals surface area contributed by atoms with Crippen molar-refractivity contribution >= 4 is 50.7 Å². The molecule has 29 heavy (non-hydrogen) atoms. The Labute approximate surface area is 174 Å². The number of halogens is 2. The Morgan fingerprint density at radius 1 is 1.38 bits per heavy atom. The number of unbranched alkanes of at least 4 members (excludes halogenated alkanes) is 1. The second-order valence-corrected chi connectivity index (χ2v) is 7.44. The molecule has 0 aliphatic rings. The summed E-state index contributed by atoms with van der Waals surface area (Å²) in [4.78, 5) is 41.9. The van der Waals surface area contributed by atoms with E-state index in [2.05, 4.69) is 10.3 Å². The van der Waals surface area contributed by atoms with Crippen LogP contribution in [0.2, 0.25) is 5.02 Å². The fourth-order valence-electron chi connectivity index (χ4n) is 2.55. The van der Waals surface area contributed by atoms with Gasteiger partial charge in [0.05, 0.1) is 28.9 Å². The van der Waals surface area contributed by atoms with E-state index < -0.39 is 23.3 Å². The van der Waals surface area contributed by atoms with Gasteiger partial charge in [-0.15, -0.1) is 11.3 Å². The van der Waals surface area contributed by atoms with Crippen LogP contribution in [-0.2, 0) is 16.1 Å².